The second-order valence-corrected chi connectivity index (χ2v) is 3.04. The standard InChI is InChI=1S/C9H11BN2/c1-6-8-5-7(10-2)3-4-9(8)12-11-6/h3-5,10H,1-2H3,(H,11,12). The quantitative estimate of drug-likeness (QED) is 0.615. The van der Waals surface area contributed by atoms with Crippen molar-refractivity contribution in [1.82, 2.24) is 10.2 Å². The molecule has 0 spiro atoms. The van der Waals surface area contributed by atoms with Crippen LogP contribution in [0.3, 0.4) is 0 Å². The van der Waals surface area contributed by atoms with E-state index in [-0.39, 0.29) is 0 Å². The van der Waals surface area contributed by atoms with E-state index in [1.165, 1.54) is 10.8 Å². The molecule has 0 atom stereocenters. The van der Waals surface area contributed by atoms with Gasteiger partial charge in [0, 0.05) is 5.39 Å². The van der Waals surface area contributed by atoms with Crippen LogP contribution in [0.1, 0.15) is 5.69 Å². The minimum Gasteiger partial charge on any atom is -0.278 e. The summed E-state index contributed by atoms with van der Waals surface area (Å²) in [6.45, 7) is 4.19. The molecule has 3 heteroatoms. The summed E-state index contributed by atoms with van der Waals surface area (Å²) in [5.74, 6) is 0. The molecule has 0 saturated carbocycles. The summed E-state index contributed by atoms with van der Waals surface area (Å²) in [5.41, 5.74) is 3.58. The van der Waals surface area contributed by atoms with Gasteiger partial charge in [-0.05, 0) is 13.0 Å². The number of nitrogens with one attached hydrogen (secondary N) is 1. The van der Waals surface area contributed by atoms with Gasteiger partial charge >= 0.3 is 0 Å². The van der Waals surface area contributed by atoms with E-state index < -0.39 is 0 Å². The highest BCUT2D eigenvalue weighted by Gasteiger charge is 2.00. The van der Waals surface area contributed by atoms with Crippen LogP contribution in [0.15, 0.2) is 18.2 Å². The number of rotatable bonds is 1. The lowest BCUT2D eigenvalue weighted by atomic mass is 9.73. The molecule has 0 amide bonds. The van der Waals surface area contributed by atoms with Crippen molar-refractivity contribution in [1.29, 1.82) is 0 Å². The van der Waals surface area contributed by atoms with Crippen LogP contribution in [0.2, 0.25) is 6.82 Å². The van der Waals surface area contributed by atoms with Crippen molar-refractivity contribution in [3.63, 3.8) is 0 Å². The summed E-state index contributed by atoms with van der Waals surface area (Å²) in [5, 5.41) is 8.38. The molecule has 2 aromatic rings. The summed E-state index contributed by atoms with van der Waals surface area (Å²) < 4.78 is 0. The number of fused-ring (bicyclic) bond motifs is 1. The highest BCUT2D eigenvalue weighted by molar-refractivity contribution is 6.52. The minimum atomic E-state index is 1.08. The predicted octanol–water partition coefficient (Wildman–Crippen LogP) is 0.981. The molecule has 0 aliphatic carbocycles. The van der Waals surface area contributed by atoms with Crippen LogP contribution in [0.4, 0.5) is 0 Å². The molecular weight excluding hydrogens is 147 g/mol. The molecule has 12 heavy (non-hydrogen) atoms. The Hall–Kier alpha value is -1.25. The Bertz CT molecular complexity index is 406. The van der Waals surface area contributed by atoms with Crippen LogP contribution in [0.5, 0.6) is 0 Å². The van der Waals surface area contributed by atoms with E-state index >= 15 is 0 Å². The molecule has 2 nitrogen and oxygen atoms in total. The highest BCUT2D eigenvalue weighted by Crippen LogP contribution is 2.12. The fourth-order valence-electron chi connectivity index (χ4n) is 1.41. The molecule has 0 saturated heterocycles. The number of benzene rings is 1. The van der Waals surface area contributed by atoms with E-state index in [1.54, 1.807) is 0 Å². The van der Waals surface area contributed by atoms with Gasteiger partial charge in [0.05, 0.1) is 11.2 Å². The second-order valence-electron chi connectivity index (χ2n) is 3.04. The third-order valence-corrected chi connectivity index (χ3v) is 2.23. The van der Waals surface area contributed by atoms with Crippen LogP contribution in [0.25, 0.3) is 10.9 Å². The lowest BCUT2D eigenvalue weighted by Gasteiger charge is -1.94. The summed E-state index contributed by atoms with van der Waals surface area (Å²) in [7, 11) is 1.08. The van der Waals surface area contributed by atoms with Gasteiger partial charge in [0.1, 0.15) is 0 Å². The summed E-state index contributed by atoms with van der Waals surface area (Å²) >= 11 is 0. The number of hydrogen-bond donors (Lipinski definition) is 1. The van der Waals surface area contributed by atoms with Gasteiger partial charge in [-0.15, -0.1) is 0 Å². The molecule has 0 aliphatic heterocycles. The van der Waals surface area contributed by atoms with Gasteiger partial charge in [0.15, 0.2) is 7.28 Å². The average Bonchev–Trinajstić information content (AvgIpc) is 2.47. The number of aromatic amines is 1. The zero-order valence-electron chi connectivity index (χ0n) is 7.39. The van der Waals surface area contributed by atoms with Crippen LogP contribution in [-0.4, -0.2) is 17.5 Å². The molecular formula is C9H11BN2. The van der Waals surface area contributed by atoms with Crippen molar-refractivity contribution in [2.75, 3.05) is 0 Å². The molecule has 0 aliphatic rings. The third kappa shape index (κ3) is 1.02. The van der Waals surface area contributed by atoms with Gasteiger partial charge in [-0.2, -0.15) is 5.10 Å². The topological polar surface area (TPSA) is 28.7 Å². The van der Waals surface area contributed by atoms with E-state index in [0.29, 0.717) is 0 Å². The first kappa shape index (κ1) is 7.41. The Morgan fingerprint density at radius 2 is 2.25 bits per heavy atom. The Balaban J connectivity index is 2.71. The smallest absolute Gasteiger partial charge is 0.154 e. The van der Waals surface area contributed by atoms with Gasteiger partial charge < -0.3 is 0 Å². The average molecular weight is 158 g/mol. The SMILES string of the molecule is CBc1ccc2[nH]nc(C)c2c1. The fraction of sp³-hybridized carbons (Fsp3) is 0.222. The van der Waals surface area contributed by atoms with Crippen molar-refractivity contribution in [2.24, 2.45) is 0 Å². The maximum absolute atomic E-state index is 4.15. The first-order chi connectivity index (χ1) is 5.81. The van der Waals surface area contributed by atoms with Gasteiger partial charge in [0.25, 0.3) is 0 Å². The first-order valence-corrected chi connectivity index (χ1v) is 4.25. The van der Waals surface area contributed by atoms with Crippen molar-refractivity contribution in [2.45, 2.75) is 13.7 Å². The molecule has 60 valence electrons. The van der Waals surface area contributed by atoms with Gasteiger partial charge in [0.2, 0.25) is 0 Å². The van der Waals surface area contributed by atoms with Crippen molar-refractivity contribution >= 4 is 23.6 Å². The second kappa shape index (κ2) is 2.66. The van der Waals surface area contributed by atoms with Crippen LogP contribution in [0, 0.1) is 6.92 Å². The lowest BCUT2D eigenvalue weighted by molar-refractivity contribution is 1.07. The van der Waals surface area contributed by atoms with Gasteiger partial charge in [-0.25, -0.2) is 0 Å². The molecule has 1 aromatic carbocycles. The number of aromatic nitrogens is 2. The monoisotopic (exact) mass is 158 g/mol. The zero-order chi connectivity index (χ0) is 8.55. The molecule has 0 radical (unpaired) electrons. The lowest BCUT2D eigenvalue weighted by Crippen LogP contribution is -2.08. The highest BCUT2D eigenvalue weighted by atomic mass is 15.1. The molecule has 1 aromatic heterocycles. The Morgan fingerprint density at radius 3 is 3.00 bits per heavy atom. The third-order valence-electron chi connectivity index (χ3n) is 2.23. The van der Waals surface area contributed by atoms with E-state index in [9.17, 15) is 0 Å². The zero-order valence-corrected chi connectivity index (χ0v) is 7.39. The van der Waals surface area contributed by atoms with Gasteiger partial charge in [-0.1, -0.05) is 24.4 Å². The summed E-state index contributed by atoms with van der Waals surface area (Å²) in [6, 6.07) is 6.43. The first-order valence-electron chi connectivity index (χ1n) is 4.25. The van der Waals surface area contributed by atoms with E-state index in [4.69, 9.17) is 0 Å². The number of hydrogen-bond acceptors (Lipinski definition) is 1. The van der Waals surface area contributed by atoms with Gasteiger partial charge in [-0.3, -0.25) is 5.10 Å². The predicted molar refractivity (Wildman–Crippen MR) is 53.5 cm³/mol. The van der Waals surface area contributed by atoms with Crippen molar-refractivity contribution < 1.29 is 0 Å². The molecule has 1 heterocycles. The molecule has 0 fully saturated rings. The molecule has 0 bridgehead atoms. The largest absolute Gasteiger partial charge is 0.278 e. The van der Waals surface area contributed by atoms with Crippen molar-refractivity contribution in [3.8, 4) is 0 Å². The Morgan fingerprint density at radius 1 is 1.42 bits per heavy atom. The number of aryl methyl sites for hydroxylation is 1. The van der Waals surface area contributed by atoms with E-state index in [1.807, 2.05) is 6.92 Å². The molecule has 1 N–H and O–H groups in total. The summed E-state index contributed by atoms with van der Waals surface area (Å²) in [4.78, 5) is 0. The van der Waals surface area contributed by atoms with Crippen LogP contribution >= 0.6 is 0 Å². The van der Waals surface area contributed by atoms with E-state index in [2.05, 4.69) is 35.2 Å². The van der Waals surface area contributed by atoms with Crippen molar-refractivity contribution in [3.05, 3.63) is 23.9 Å². The van der Waals surface area contributed by atoms with Crippen LogP contribution in [-0.2, 0) is 0 Å². The maximum atomic E-state index is 4.15. The van der Waals surface area contributed by atoms with E-state index in [0.717, 1.165) is 18.5 Å². The number of nitrogens with zero attached hydrogens (tertiary/aromatic N) is 1. The Labute approximate surface area is 72.2 Å². The maximum Gasteiger partial charge on any atom is 0.154 e. The number of H-pyrrole nitrogens is 1. The Kier molecular flexibility index (Phi) is 1.64. The molecule has 2 rings (SSSR count). The normalized spacial score (nSPS) is 10.5. The van der Waals surface area contributed by atoms with Crippen LogP contribution < -0.4 is 5.46 Å². The minimum absolute atomic E-state index is 1.08. The fourth-order valence-corrected chi connectivity index (χ4v) is 1.41. The summed E-state index contributed by atoms with van der Waals surface area (Å²) in [6.07, 6.45) is 0. The molecule has 0 unspecified atom stereocenters.